The molecule has 6 fully saturated rings. The van der Waals surface area contributed by atoms with Gasteiger partial charge < -0.3 is 18.9 Å². The van der Waals surface area contributed by atoms with E-state index in [9.17, 15) is 0 Å². The average Bonchev–Trinajstić information content (AvgIpc) is 3.33. The molecule has 6 rings (SSSR count). The Balaban J connectivity index is 0.0000000930. The third-order valence-electron chi connectivity index (χ3n) is 5.39. The Morgan fingerprint density at radius 2 is 1.04 bits per heavy atom. The van der Waals surface area contributed by atoms with Crippen molar-refractivity contribution >= 4 is 0 Å². The molecule has 7 unspecified atom stereocenters. The summed E-state index contributed by atoms with van der Waals surface area (Å²) in [5, 5.41) is 0. The zero-order chi connectivity index (χ0) is 16.4. The standard InChI is InChI=1S/2C6H10O.C4H8O.C3H6O/c1-4-2-5-6(3-4)7-5;1-2-4-6-5(3-1)7-6;1-3-4(2)5-3;1-3-2-4-3/h4-6H,2-3H2,1H3;5-6H,1-4H2;3-4H,1-2H3;3H,2H2,1H3. The molecule has 0 aromatic carbocycles. The molecule has 0 aromatic rings. The molecule has 6 aliphatic rings. The predicted octanol–water partition coefficient (Wildman–Crippen LogP) is 3.71. The SMILES string of the molecule is C1CCC2OC2C1.CC1CC2OC2C1.CC1CO1.CC1OC1C. The first-order valence-corrected chi connectivity index (χ1v) is 9.61. The fourth-order valence-electron chi connectivity index (χ4n) is 3.25. The Labute approximate surface area is 141 Å². The van der Waals surface area contributed by atoms with Crippen LogP contribution in [0.1, 0.15) is 66.2 Å². The molecular formula is C19H34O4. The van der Waals surface area contributed by atoms with E-state index in [1.807, 2.05) is 0 Å². The van der Waals surface area contributed by atoms with Crippen molar-refractivity contribution in [2.45, 2.75) is 109 Å². The Bertz CT molecular complexity index is 344. The summed E-state index contributed by atoms with van der Waals surface area (Å²) in [6.45, 7) is 9.49. The van der Waals surface area contributed by atoms with Gasteiger partial charge in [-0.25, -0.2) is 0 Å². The van der Waals surface area contributed by atoms with Crippen LogP contribution >= 0.6 is 0 Å². The Morgan fingerprint density at radius 1 is 0.652 bits per heavy atom. The number of ether oxygens (including phenoxy) is 4. The Morgan fingerprint density at radius 3 is 1.26 bits per heavy atom. The molecule has 4 heterocycles. The molecule has 7 atom stereocenters. The van der Waals surface area contributed by atoms with Crippen molar-refractivity contribution in [3.8, 4) is 0 Å². The summed E-state index contributed by atoms with van der Waals surface area (Å²) in [4.78, 5) is 0. The second-order valence-electron chi connectivity index (χ2n) is 7.98. The largest absolute Gasteiger partial charge is 0.373 e. The number of epoxide rings is 4. The molecule has 0 spiro atoms. The maximum absolute atomic E-state index is 5.28. The second-order valence-corrected chi connectivity index (χ2v) is 7.98. The first-order chi connectivity index (χ1) is 11.0. The lowest BCUT2D eigenvalue weighted by Gasteiger charge is -2.00. The van der Waals surface area contributed by atoms with Gasteiger partial charge in [-0.05, 0) is 52.4 Å². The Hall–Kier alpha value is -0.160. The molecule has 2 aliphatic carbocycles. The molecule has 4 nitrogen and oxygen atoms in total. The van der Waals surface area contributed by atoms with Crippen LogP contribution < -0.4 is 0 Å². The van der Waals surface area contributed by atoms with Crippen molar-refractivity contribution in [2.24, 2.45) is 5.92 Å². The van der Waals surface area contributed by atoms with E-state index in [-0.39, 0.29) is 0 Å². The minimum atomic E-state index is 0.551. The van der Waals surface area contributed by atoms with Crippen LogP contribution in [0.4, 0.5) is 0 Å². The molecule has 134 valence electrons. The minimum Gasteiger partial charge on any atom is -0.373 e. The van der Waals surface area contributed by atoms with Crippen molar-refractivity contribution < 1.29 is 18.9 Å². The van der Waals surface area contributed by atoms with Crippen LogP contribution in [-0.4, -0.2) is 49.3 Å². The quantitative estimate of drug-likeness (QED) is 0.637. The van der Waals surface area contributed by atoms with Crippen LogP contribution in [0.25, 0.3) is 0 Å². The Kier molecular flexibility index (Phi) is 6.00. The minimum absolute atomic E-state index is 0.551. The summed E-state index contributed by atoms with van der Waals surface area (Å²) in [5.41, 5.74) is 0. The maximum Gasteiger partial charge on any atom is 0.0844 e. The van der Waals surface area contributed by atoms with E-state index in [0.29, 0.717) is 42.7 Å². The first-order valence-electron chi connectivity index (χ1n) is 9.61. The van der Waals surface area contributed by atoms with Gasteiger partial charge >= 0.3 is 0 Å². The van der Waals surface area contributed by atoms with E-state index in [1.54, 1.807) is 0 Å². The summed E-state index contributed by atoms with van der Waals surface area (Å²) >= 11 is 0. The highest BCUT2D eigenvalue weighted by Gasteiger charge is 2.46. The van der Waals surface area contributed by atoms with Crippen molar-refractivity contribution in [3.63, 3.8) is 0 Å². The third kappa shape index (κ3) is 6.69. The number of hydrogen-bond acceptors (Lipinski definition) is 4. The molecule has 4 heteroatoms. The summed E-state index contributed by atoms with van der Waals surface area (Å²) in [5.74, 6) is 0.948. The second kappa shape index (κ2) is 7.81. The lowest BCUT2D eigenvalue weighted by atomic mass is 10.0. The fourth-order valence-corrected chi connectivity index (χ4v) is 3.25. The monoisotopic (exact) mass is 326 g/mol. The van der Waals surface area contributed by atoms with E-state index in [2.05, 4.69) is 27.7 Å². The van der Waals surface area contributed by atoms with Gasteiger partial charge in [0.1, 0.15) is 0 Å². The summed E-state index contributed by atoms with van der Waals surface area (Å²) < 4.78 is 20.1. The molecule has 0 N–H and O–H groups in total. The summed E-state index contributed by atoms with van der Waals surface area (Å²) in [6.07, 6.45) is 12.6. The van der Waals surface area contributed by atoms with E-state index in [4.69, 9.17) is 18.9 Å². The van der Waals surface area contributed by atoms with E-state index in [1.165, 1.54) is 38.5 Å². The van der Waals surface area contributed by atoms with Crippen molar-refractivity contribution in [1.82, 2.24) is 0 Å². The van der Waals surface area contributed by atoms with Crippen molar-refractivity contribution in [1.29, 1.82) is 0 Å². The number of fused-ring (bicyclic) bond motifs is 2. The van der Waals surface area contributed by atoms with Crippen LogP contribution in [0, 0.1) is 5.92 Å². The average molecular weight is 326 g/mol. The molecule has 0 aromatic heterocycles. The molecule has 2 saturated carbocycles. The molecule has 0 bridgehead atoms. The van der Waals surface area contributed by atoms with E-state index >= 15 is 0 Å². The summed E-state index contributed by atoms with van der Waals surface area (Å²) in [7, 11) is 0. The highest BCUT2D eigenvalue weighted by molar-refractivity contribution is 4.94. The maximum atomic E-state index is 5.28. The van der Waals surface area contributed by atoms with Gasteiger partial charge in [-0.1, -0.05) is 19.8 Å². The fraction of sp³-hybridized carbons (Fsp3) is 1.00. The lowest BCUT2D eigenvalue weighted by molar-refractivity contribution is 0.283. The van der Waals surface area contributed by atoms with Gasteiger partial charge in [0.25, 0.3) is 0 Å². The zero-order valence-corrected chi connectivity index (χ0v) is 15.2. The third-order valence-corrected chi connectivity index (χ3v) is 5.39. The molecule has 4 aliphatic heterocycles. The van der Waals surface area contributed by atoms with Crippen LogP contribution in [-0.2, 0) is 18.9 Å². The highest BCUT2D eigenvalue weighted by atomic mass is 16.6. The molecule has 23 heavy (non-hydrogen) atoms. The first kappa shape index (κ1) is 17.7. The van der Waals surface area contributed by atoms with E-state index < -0.39 is 0 Å². The van der Waals surface area contributed by atoms with Gasteiger partial charge in [-0.2, -0.15) is 0 Å². The van der Waals surface area contributed by atoms with Crippen molar-refractivity contribution in [3.05, 3.63) is 0 Å². The van der Waals surface area contributed by atoms with Gasteiger partial charge in [0.15, 0.2) is 0 Å². The smallest absolute Gasteiger partial charge is 0.0844 e. The van der Waals surface area contributed by atoms with Crippen LogP contribution in [0.2, 0.25) is 0 Å². The van der Waals surface area contributed by atoms with Gasteiger partial charge in [0, 0.05) is 0 Å². The van der Waals surface area contributed by atoms with Crippen LogP contribution in [0.15, 0.2) is 0 Å². The van der Waals surface area contributed by atoms with Crippen molar-refractivity contribution in [2.75, 3.05) is 6.61 Å². The molecular weight excluding hydrogens is 292 g/mol. The number of rotatable bonds is 0. The normalized spacial score (nSPS) is 49.6. The lowest BCUT2D eigenvalue weighted by Crippen LogP contribution is -2.00. The topological polar surface area (TPSA) is 50.1 Å². The van der Waals surface area contributed by atoms with Crippen LogP contribution in [0.5, 0.6) is 0 Å². The number of hydrogen-bond donors (Lipinski definition) is 0. The summed E-state index contributed by atoms with van der Waals surface area (Å²) in [6, 6.07) is 0. The van der Waals surface area contributed by atoms with Gasteiger partial charge in [0.2, 0.25) is 0 Å². The molecule has 0 amide bonds. The van der Waals surface area contributed by atoms with Crippen LogP contribution in [0.3, 0.4) is 0 Å². The zero-order valence-electron chi connectivity index (χ0n) is 15.2. The van der Waals surface area contributed by atoms with Gasteiger partial charge in [0.05, 0.1) is 49.3 Å². The van der Waals surface area contributed by atoms with Gasteiger partial charge in [-0.15, -0.1) is 0 Å². The molecule has 0 radical (unpaired) electrons. The van der Waals surface area contributed by atoms with E-state index in [0.717, 1.165) is 12.5 Å². The highest BCUT2D eigenvalue weighted by Crippen LogP contribution is 2.41. The molecule has 4 saturated heterocycles. The van der Waals surface area contributed by atoms with Gasteiger partial charge in [-0.3, -0.25) is 0 Å². The predicted molar refractivity (Wildman–Crippen MR) is 89.6 cm³/mol.